The molecule has 0 bridgehead atoms. The van der Waals surface area contributed by atoms with Gasteiger partial charge in [0.25, 0.3) is 0 Å². The molecular weight excluding hydrogens is 391 g/mol. The highest BCUT2D eigenvalue weighted by Gasteiger charge is 2.48. The SMILES string of the molecule is C#C[C@H]1O[C@H](C)[C@@H]2OC(C)(C)SCCC[C@@H]2[C@H]1Oc1cccc(C(F)(F)F)n1. The summed E-state index contributed by atoms with van der Waals surface area (Å²) >= 11 is 1.73. The number of ether oxygens (including phenoxy) is 3. The van der Waals surface area contributed by atoms with Crippen LogP contribution in [0.15, 0.2) is 18.2 Å². The van der Waals surface area contributed by atoms with E-state index in [1.54, 1.807) is 11.8 Å². The first kappa shape index (κ1) is 21.3. The molecule has 3 heterocycles. The predicted molar refractivity (Wildman–Crippen MR) is 101 cm³/mol. The summed E-state index contributed by atoms with van der Waals surface area (Å²) in [4.78, 5) is 3.22. The Morgan fingerprint density at radius 3 is 2.79 bits per heavy atom. The third-order valence-electron chi connectivity index (χ3n) is 4.95. The van der Waals surface area contributed by atoms with E-state index in [1.807, 2.05) is 20.8 Å². The van der Waals surface area contributed by atoms with E-state index in [9.17, 15) is 13.2 Å². The van der Waals surface area contributed by atoms with Gasteiger partial charge in [-0.25, -0.2) is 4.98 Å². The van der Waals surface area contributed by atoms with Crippen molar-refractivity contribution in [2.75, 3.05) is 5.75 Å². The fourth-order valence-corrected chi connectivity index (χ4v) is 4.70. The minimum atomic E-state index is -4.55. The quantitative estimate of drug-likeness (QED) is 0.664. The van der Waals surface area contributed by atoms with Crippen LogP contribution < -0.4 is 4.74 Å². The Hall–Kier alpha value is -1.43. The van der Waals surface area contributed by atoms with E-state index in [0.29, 0.717) is 0 Å². The van der Waals surface area contributed by atoms with Crippen LogP contribution in [0.4, 0.5) is 13.2 Å². The molecule has 1 aromatic rings. The molecule has 2 aliphatic heterocycles. The molecule has 0 N–H and O–H groups in total. The first-order valence-corrected chi connectivity index (χ1v) is 10.2. The fraction of sp³-hybridized carbons (Fsp3) is 0.650. The lowest BCUT2D eigenvalue weighted by atomic mass is 9.83. The summed E-state index contributed by atoms with van der Waals surface area (Å²) in [5.74, 6) is 3.27. The van der Waals surface area contributed by atoms with E-state index in [2.05, 4.69) is 10.9 Å². The van der Waals surface area contributed by atoms with Gasteiger partial charge in [-0.3, -0.25) is 0 Å². The lowest BCUT2D eigenvalue weighted by Gasteiger charge is -2.47. The average Bonchev–Trinajstić information content (AvgIpc) is 2.60. The van der Waals surface area contributed by atoms with Crippen molar-refractivity contribution in [1.82, 2.24) is 4.98 Å². The molecule has 3 rings (SSSR count). The van der Waals surface area contributed by atoms with Gasteiger partial charge in [-0.1, -0.05) is 12.0 Å². The molecular formula is C20H24F3NO3S. The Morgan fingerprint density at radius 1 is 1.36 bits per heavy atom. The first-order valence-electron chi connectivity index (χ1n) is 9.25. The summed E-state index contributed by atoms with van der Waals surface area (Å²) < 4.78 is 57.2. The molecule has 0 spiro atoms. The highest BCUT2D eigenvalue weighted by molar-refractivity contribution is 8.00. The summed E-state index contributed by atoms with van der Waals surface area (Å²) in [5.41, 5.74) is -1.00. The Morgan fingerprint density at radius 2 is 2.11 bits per heavy atom. The van der Waals surface area contributed by atoms with Crippen molar-refractivity contribution in [1.29, 1.82) is 0 Å². The number of pyridine rings is 1. The number of fused-ring (bicyclic) bond motifs is 1. The molecule has 2 saturated heterocycles. The molecule has 1 aromatic heterocycles. The van der Waals surface area contributed by atoms with Gasteiger partial charge in [0, 0.05) is 12.0 Å². The molecule has 2 fully saturated rings. The lowest BCUT2D eigenvalue weighted by molar-refractivity contribution is -0.205. The minimum absolute atomic E-state index is 0.110. The van der Waals surface area contributed by atoms with Crippen LogP contribution in [0.3, 0.4) is 0 Å². The third kappa shape index (κ3) is 4.76. The number of halogens is 3. The van der Waals surface area contributed by atoms with E-state index in [4.69, 9.17) is 20.6 Å². The molecule has 5 atom stereocenters. The van der Waals surface area contributed by atoms with Gasteiger partial charge in [-0.05, 0) is 45.4 Å². The van der Waals surface area contributed by atoms with Crippen LogP contribution in [0.25, 0.3) is 0 Å². The zero-order valence-corrected chi connectivity index (χ0v) is 16.8. The molecule has 28 heavy (non-hydrogen) atoms. The van der Waals surface area contributed by atoms with E-state index in [-0.39, 0.29) is 24.0 Å². The van der Waals surface area contributed by atoms with Crippen LogP contribution in [-0.2, 0) is 15.7 Å². The summed E-state index contributed by atoms with van der Waals surface area (Å²) in [6, 6.07) is 3.58. The van der Waals surface area contributed by atoms with Crippen molar-refractivity contribution in [3.63, 3.8) is 0 Å². The van der Waals surface area contributed by atoms with E-state index >= 15 is 0 Å². The molecule has 154 valence electrons. The molecule has 2 aliphatic rings. The highest BCUT2D eigenvalue weighted by atomic mass is 32.2. The number of terminal acetylenes is 1. The number of rotatable bonds is 2. The first-order chi connectivity index (χ1) is 13.1. The maximum atomic E-state index is 13.0. The fourth-order valence-electron chi connectivity index (χ4n) is 3.72. The normalized spacial score (nSPS) is 33.1. The van der Waals surface area contributed by atoms with E-state index in [1.165, 1.54) is 12.1 Å². The lowest BCUT2D eigenvalue weighted by Crippen LogP contribution is -2.57. The van der Waals surface area contributed by atoms with Gasteiger partial charge in [-0.15, -0.1) is 18.2 Å². The van der Waals surface area contributed by atoms with Crippen LogP contribution in [0, 0.1) is 18.3 Å². The maximum absolute atomic E-state index is 13.0. The van der Waals surface area contributed by atoms with Crippen LogP contribution >= 0.6 is 11.8 Å². The van der Waals surface area contributed by atoms with Crippen LogP contribution in [0.1, 0.15) is 39.3 Å². The molecule has 0 aliphatic carbocycles. The number of aromatic nitrogens is 1. The number of hydrogen-bond donors (Lipinski definition) is 0. The molecule has 0 aromatic carbocycles. The predicted octanol–water partition coefficient (Wildman–Crippen LogP) is 4.53. The molecule has 8 heteroatoms. The second kappa shape index (κ2) is 8.13. The van der Waals surface area contributed by atoms with Gasteiger partial charge >= 0.3 is 6.18 Å². The van der Waals surface area contributed by atoms with Gasteiger partial charge in [-0.2, -0.15) is 13.2 Å². The number of thioether (sulfide) groups is 1. The largest absolute Gasteiger partial charge is 0.470 e. The number of hydrogen-bond acceptors (Lipinski definition) is 5. The second-order valence-corrected chi connectivity index (χ2v) is 9.19. The van der Waals surface area contributed by atoms with Crippen molar-refractivity contribution >= 4 is 11.8 Å². The topological polar surface area (TPSA) is 40.6 Å². The molecule has 0 radical (unpaired) electrons. The number of nitrogens with zero attached hydrogens (tertiary/aromatic N) is 1. The van der Waals surface area contributed by atoms with Crippen LogP contribution in [-0.4, -0.2) is 40.1 Å². The smallest absolute Gasteiger partial charge is 0.433 e. The Labute approximate surface area is 167 Å². The summed E-state index contributed by atoms with van der Waals surface area (Å²) in [6.07, 6.45) is 0.965. The monoisotopic (exact) mass is 415 g/mol. The van der Waals surface area contributed by atoms with Crippen molar-refractivity contribution < 1.29 is 27.4 Å². The summed E-state index contributed by atoms with van der Waals surface area (Å²) in [6.45, 7) is 5.91. The van der Waals surface area contributed by atoms with Gasteiger partial charge in [0.15, 0.2) is 6.10 Å². The Bertz CT molecular complexity index is 734. The van der Waals surface area contributed by atoms with E-state index in [0.717, 1.165) is 24.7 Å². The summed E-state index contributed by atoms with van der Waals surface area (Å²) in [5, 5.41) is 0. The molecule has 0 amide bonds. The van der Waals surface area contributed by atoms with Crippen molar-refractivity contribution in [3.8, 4) is 18.2 Å². The van der Waals surface area contributed by atoms with Crippen molar-refractivity contribution in [2.45, 2.75) is 69.1 Å². The minimum Gasteiger partial charge on any atom is -0.470 e. The molecule has 0 saturated carbocycles. The zero-order valence-electron chi connectivity index (χ0n) is 16.0. The molecule has 0 unspecified atom stereocenters. The van der Waals surface area contributed by atoms with Gasteiger partial charge < -0.3 is 14.2 Å². The Balaban J connectivity index is 1.90. The van der Waals surface area contributed by atoms with E-state index < -0.39 is 29.0 Å². The standard InChI is InChI=1S/C20H24F3NO3S/c1-5-14-18(26-16-10-6-9-15(24-16)20(21,22)23)13-8-7-11-28-19(3,4)27-17(13)12(2)25-14/h1,6,9-10,12-14,17-18H,7-8,11H2,2-4H3/t12-,13+,14-,17+,18-/m1/s1. The van der Waals surface area contributed by atoms with Crippen molar-refractivity contribution in [2.24, 2.45) is 5.92 Å². The van der Waals surface area contributed by atoms with Crippen LogP contribution in [0.2, 0.25) is 0 Å². The summed E-state index contributed by atoms with van der Waals surface area (Å²) in [7, 11) is 0. The Kier molecular flexibility index (Phi) is 6.18. The average molecular weight is 415 g/mol. The zero-order chi connectivity index (χ0) is 20.5. The number of alkyl halides is 3. The second-order valence-electron chi connectivity index (χ2n) is 7.51. The van der Waals surface area contributed by atoms with Gasteiger partial charge in [0.2, 0.25) is 5.88 Å². The van der Waals surface area contributed by atoms with Gasteiger partial charge in [0.1, 0.15) is 16.7 Å². The third-order valence-corrected chi connectivity index (χ3v) is 6.24. The van der Waals surface area contributed by atoms with Crippen LogP contribution in [0.5, 0.6) is 5.88 Å². The highest BCUT2D eigenvalue weighted by Crippen LogP contribution is 2.41. The van der Waals surface area contributed by atoms with Gasteiger partial charge in [0.05, 0.1) is 12.2 Å². The molecule has 4 nitrogen and oxygen atoms in total. The maximum Gasteiger partial charge on any atom is 0.433 e. The van der Waals surface area contributed by atoms with Crippen molar-refractivity contribution in [3.05, 3.63) is 23.9 Å².